The van der Waals surface area contributed by atoms with Crippen LogP contribution in [0.15, 0.2) is 42.5 Å². The number of halogens is 2. The van der Waals surface area contributed by atoms with Gasteiger partial charge >= 0.3 is 6.03 Å². The molecule has 1 atom stereocenters. The second-order valence-electron chi connectivity index (χ2n) is 8.74. The van der Waals surface area contributed by atoms with Crippen LogP contribution in [0.25, 0.3) is 0 Å². The van der Waals surface area contributed by atoms with Gasteiger partial charge in [0.1, 0.15) is 5.75 Å². The van der Waals surface area contributed by atoms with Crippen LogP contribution >= 0.6 is 23.2 Å². The van der Waals surface area contributed by atoms with Crippen LogP contribution in [0.4, 0.5) is 4.79 Å². The van der Waals surface area contributed by atoms with Gasteiger partial charge in [-0.3, -0.25) is 4.90 Å². The number of hydrogen-bond donors (Lipinski definition) is 1. The number of rotatable bonds is 5. The summed E-state index contributed by atoms with van der Waals surface area (Å²) >= 11 is 12.2. The topological polar surface area (TPSA) is 44.8 Å². The number of nitrogens with zero attached hydrogens (tertiary/aromatic N) is 2. The zero-order valence-corrected chi connectivity index (χ0v) is 19.4. The zero-order chi connectivity index (χ0) is 21.8. The van der Waals surface area contributed by atoms with Gasteiger partial charge in [-0.15, -0.1) is 0 Å². The van der Waals surface area contributed by atoms with Gasteiger partial charge in [-0.25, -0.2) is 4.79 Å². The lowest BCUT2D eigenvalue weighted by molar-refractivity contribution is 0.107. The number of benzene rings is 2. The molecule has 0 saturated carbocycles. The molecule has 2 saturated heterocycles. The molecule has 2 amide bonds. The smallest absolute Gasteiger partial charge is 0.317 e. The van der Waals surface area contributed by atoms with Gasteiger partial charge in [0.05, 0.1) is 17.2 Å². The lowest BCUT2D eigenvalue weighted by Crippen LogP contribution is -2.50. The van der Waals surface area contributed by atoms with E-state index < -0.39 is 0 Å². The average Bonchev–Trinajstić information content (AvgIpc) is 3.16. The summed E-state index contributed by atoms with van der Waals surface area (Å²) in [5.41, 5.74) is 2.39. The minimum Gasteiger partial charge on any atom is -0.497 e. The van der Waals surface area contributed by atoms with Crippen LogP contribution in [-0.4, -0.2) is 49.1 Å². The van der Waals surface area contributed by atoms with Crippen LogP contribution in [-0.2, 0) is 13.1 Å². The molecular weight excluding hydrogens is 433 g/mol. The molecule has 0 aliphatic carbocycles. The molecule has 2 aromatic rings. The maximum Gasteiger partial charge on any atom is 0.317 e. The van der Waals surface area contributed by atoms with E-state index in [4.69, 9.17) is 27.9 Å². The van der Waals surface area contributed by atoms with E-state index in [2.05, 4.69) is 10.2 Å². The number of urea groups is 1. The molecule has 2 heterocycles. The van der Waals surface area contributed by atoms with Crippen molar-refractivity contribution in [2.75, 3.05) is 33.3 Å². The van der Waals surface area contributed by atoms with E-state index in [0.717, 1.165) is 56.9 Å². The average molecular weight is 462 g/mol. The van der Waals surface area contributed by atoms with Crippen LogP contribution in [0.3, 0.4) is 0 Å². The lowest BCUT2D eigenvalue weighted by atomic mass is 9.79. The van der Waals surface area contributed by atoms with Crippen molar-refractivity contribution >= 4 is 29.2 Å². The number of nitrogens with one attached hydrogen (secondary N) is 1. The quantitative estimate of drug-likeness (QED) is 0.665. The summed E-state index contributed by atoms with van der Waals surface area (Å²) in [5.74, 6) is 0.802. The van der Waals surface area contributed by atoms with Crippen molar-refractivity contribution in [1.82, 2.24) is 15.1 Å². The van der Waals surface area contributed by atoms with E-state index in [1.54, 1.807) is 7.11 Å². The summed E-state index contributed by atoms with van der Waals surface area (Å²) in [6.07, 6.45) is 3.34. The number of carbonyl (C=O) groups is 1. The molecular formula is C24H29Cl2N3O2. The van der Waals surface area contributed by atoms with E-state index in [-0.39, 0.29) is 11.4 Å². The normalized spacial score (nSPS) is 21.5. The Morgan fingerprint density at radius 2 is 1.94 bits per heavy atom. The Bertz CT molecular complexity index is 939. The highest BCUT2D eigenvalue weighted by Gasteiger charge is 2.42. The van der Waals surface area contributed by atoms with Crippen LogP contribution in [0.1, 0.15) is 30.4 Å². The molecule has 0 radical (unpaired) electrons. The molecule has 166 valence electrons. The Labute approximate surface area is 194 Å². The third-order valence-electron chi connectivity index (χ3n) is 6.43. The fraction of sp³-hybridized carbons (Fsp3) is 0.458. The number of likely N-dealkylation sites (tertiary alicyclic amines) is 2. The van der Waals surface area contributed by atoms with Gasteiger partial charge in [-0.05, 0) is 61.2 Å². The number of amides is 2. The number of ether oxygens (including phenoxy) is 1. The summed E-state index contributed by atoms with van der Waals surface area (Å²) < 4.78 is 5.26. The summed E-state index contributed by atoms with van der Waals surface area (Å²) in [7, 11) is 1.65. The standard InChI is InChI=1S/C24H29Cl2N3O2/c1-31-20-5-2-4-18(12-20)14-27-23(30)29-10-3-8-24(17-29)9-11-28(16-24)15-19-6-7-21(25)22(26)13-19/h2,4-7,12-13H,3,8-11,14-17H2,1H3,(H,27,30). The van der Waals surface area contributed by atoms with E-state index >= 15 is 0 Å². The fourth-order valence-electron chi connectivity index (χ4n) is 4.85. The van der Waals surface area contributed by atoms with Gasteiger partial charge < -0.3 is 15.0 Å². The van der Waals surface area contributed by atoms with Gasteiger partial charge in [-0.2, -0.15) is 0 Å². The summed E-state index contributed by atoms with van der Waals surface area (Å²) in [6, 6.07) is 13.7. The third kappa shape index (κ3) is 5.46. The molecule has 2 aliphatic rings. The Balaban J connectivity index is 1.32. The number of methoxy groups -OCH3 is 1. The first kappa shape index (κ1) is 22.3. The Morgan fingerprint density at radius 3 is 2.74 bits per heavy atom. The van der Waals surface area contributed by atoms with Gasteiger partial charge in [0.15, 0.2) is 0 Å². The second-order valence-corrected chi connectivity index (χ2v) is 9.56. The van der Waals surface area contributed by atoms with Crippen LogP contribution in [0.5, 0.6) is 5.75 Å². The fourth-order valence-corrected chi connectivity index (χ4v) is 5.17. The maximum atomic E-state index is 12.9. The molecule has 0 bridgehead atoms. The van der Waals surface area contributed by atoms with Crippen LogP contribution < -0.4 is 10.1 Å². The minimum absolute atomic E-state index is 0.0184. The third-order valence-corrected chi connectivity index (χ3v) is 7.17. The van der Waals surface area contributed by atoms with Crippen molar-refractivity contribution in [1.29, 1.82) is 0 Å². The molecule has 5 nitrogen and oxygen atoms in total. The molecule has 1 unspecified atom stereocenters. The van der Waals surface area contributed by atoms with Crippen molar-refractivity contribution in [2.45, 2.75) is 32.4 Å². The first-order valence-electron chi connectivity index (χ1n) is 10.8. The van der Waals surface area contributed by atoms with Gasteiger partial charge in [0.25, 0.3) is 0 Å². The molecule has 0 aromatic heterocycles. The Morgan fingerprint density at radius 1 is 1.06 bits per heavy atom. The molecule has 2 fully saturated rings. The van der Waals surface area contributed by atoms with Crippen molar-refractivity contribution in [3.05, 3.63) is 63.6 Å². The van der Waals surface area contributed by atoms with Crippen LogP contribution in [0, 0.1) is 5.41 Å². The monoisotopic (exact) mass is 461 g/mol. The van der Waals surface area contributed by atoms with E-state index in [0.29, 0.717) is 16.6 Å². The largest absolute Gasteiger partial charge is 0.497 e. The van der Waals surface area contributed by atoms with Gasteiger partial charge in [-0.1, -0.05) is 41.4 Å². The predicted molar refractivity (Wildman–Crippen MR) is 125 cm³/mol. The van der Waals surface area contributed by atoms with Crippen LogP contribution in [0.2, 0.25) is 10.0 Å². The second kappa shape index (κ2) is 9.68. The van der Waals surface area contributed by atoms with Gasteiger partial charge in [0, 0.05) is 38.1 Å². The molecule has 1 spiro atoms. The lowest BCUT2D eigenvalue weighted by Gasteiger charge is -2.40. The highest BCUT2D eigenvalue weighted by Crippen LogP contribution is 2.39. The van der Waals surface area contributed by atoms with Crippen molar-refractivity contribution in [3.8, 4) is 5.75 Å². The van der Waals surface area contributed by atoms with Crippen molar-refractivity contribution in [2.24, 2.45) is 5.41 Å². The number of piperidine rings is 1. The Kier molecular flexibility index (Phi) is 6.95. The highest BCUT2D eigenvalue weighted by atomic mass is 35.5. The number of hydrogen-bond acceptors (Lipinski definition) is 3. The zero-order valence-electron chi connectivity index (χ0n) is 17.9. The summed E-state index contributed by atoms with van der Waals surface area (Å²) in [4.78, 5) is 17.3. The van der Waals surface area contributed by atoms with E-state index in [1.807, 2.05) is 47.4 Å². The molecule has 7 heteroatoms. The highest BCUT2D eigenvalue weighted by molar-refractivity contribution is 6.42. The van der Waals surface area contributed by atoms with Crippen molar-refractivity contribution < 1.29 is 9.53 Å². The van der Waals surface area contributed by atoms with Gasteiger partial charge in [0.2, 0.25) is 0 Å². The SMILES string of the molecule is COc1cccc(CNC(=O)N2CCCC3(CCN(Cc4ccc(Cl)c(Cl)c4)C3)C2)c1. The first-order valence-corrected chi connectivity index (χ1v) is 11.5. The van der Waals surface area contributed by atoms with E-state index in [9.17, 15) is 4.79 Å². The summed E-state index contributed by atoms with van der Waals surface area (Å²) in [6.45, 7) is 5.05. The maximum absolute atomic E-state index is 12.9. The molecule has 2 aliphatic heterocycles. The van der Waals surface area contributed by atoms with Crippen molar-refractivity contribution in [3.63, 3.8) is 0 Å². The predicted octanol–water partition coefficient (Wildman–Crippen LogP) is 5.20. The molecule has 31 heavy (non-hydrogen) atoms. The first-order chi connectivity index (χ1) is 15.0. The van der Waals surface area contributed by atoms with E-state index in [1.165, 1.54) is 12.0 Å². The summed E-state index contributed by atoms with van der Waals surface area (Å²) in [5, 5.41) is 4.27. The molecule has 1 N–H and O–H groups in total. The Hall–Kier alpha value is -1.95. The number of carbonyl (C=O) groups excluding carboxylic acids is 1. The molecule has 2 aromatic carbocycles. The minimum atomic E-state index is 0.0184. The molecule has 4 rings (SSSR count).